The fourth-order valence-corrected chi connectivity index (χ4v) is 2.78. The van der Waals surface area contributed by atoms with Crippen LogP contribution in [0.15, 0.2) is 48.5 Å². The van der Waals surface area contributed by atoms with Crippen molar-refractivity contribution in [1.29, 1.82) is 0 Å². The largest absolute Gasteiger partial charge is 0.484 e. The third-order valence-corrected chi connectivity index (χ3v) is 4.47. The molecule has 134 valence electrons. The highest BCUT2D eigenvalue weighted by Crippen LogP contribution is 2.25. The van der Waals surface area contributed by atoms with E-state index >= 15 is 0 Å². The first-order valence-corrected chi connectivity index (χ1v) is 8.77. The van der Waals surface area contributed by atoms with Gasteiger partial charge in [0.1, 0.15) is 5.75 Å². The number of hydrogen-bond donors (Lipinski definition) is 2. The van der Waals surface area contributed by atoms with Crippen molar-refractivity contribution < 1.29 is 9.53 Å². The van der Waals surface area contributed by atoms with Crippen LogP contribution in [0, 0.1) is 4.77 Å². The van der Waals surface area contributed by atoms with Crippen LogP contribution in [0.3, 0.4) is 0 Å². The van der Waals surface area contributed by atoms with Gasteiger partial charge < -0.3 is 10.1 Å². The Morgan fingerprint density at radius 3 is 2.69 bits per heavy atom. The van der Waals surface area contributed by atoms with Gasteiger partial charge in [0.2, 0.25) is 0 Å². The molecule has 0 saturated heterocycles. The number of H-pyrrole nitrogens is 1. The maximum atomic E-state index is 12.0. The molecule has 3 aromatic rings. The molecule has 0 atom stereocenters. The molecule has 1 aromatic heterocycles. The van der Waals surface area contributed by atoms with Crippen LogP contribution in [0.25, 0.3) is 5.69 Å². The Morgan fingerprint density at radius 2 is 1.96 bits per heavy atom. The number of nitrogens with one attached hydrogen (secondary N) is 2. The molecule has 2 N–H and O–H groups in total. The van der Waals surface area contributed by atoms with Crippen LogP contribution in [-0.4, -0.2) is 27.3 Å². The van der Waals surface area contributed by atoms with Crippen LogP contribution in [0.1, 0.15) is 5.82 Å². The standard InChI is InChI=1S/C17H14Cl2N4O2S/c18-13-7-6-11(8-14(13)19)23-15(21-22-17(23)26)9-20-16(24)10-25-12-4-2-1-3-5-12/h1-8H,9-10H2,(H,20,24)(H,22,26). The lowest BCUT2D eigenvalue weighted by Crippen LogP contribution is -2.29. The SMILES string of the molecule is O=C(COc1ccccc1)NCc1n[nH]c(=S)n1-c1ccc(Cl)c(Cl)c1. The Labute approximate surface area is 164 Å². The van der Waals surface area contributed by atoms with Crippen LogP contribution >= 0.6 is 35.4 Å². The van der Waals surface area contributed by atoms with Gasteiger partial charge in [0.05, 0.1) is 22.3 Å². The van der Waals surface area contributed by atoms with Crippen LogP contribution in [0.4, 0.5) is 0 Å². The van der Waals surface area contributed by atoms with Crippen LogP contribution in [0.5, 0.6) is 5.75 Å². The van der Waals surface area contributed by atoms with Gasteiger partial charge in [0.15, 0.2) is 17.2 Å². The van der Waals surface area contributed by atoms with E-state index < -0.39 is 0 Å². The van der Waals surface area contributed by atoms with E-state index in [4.69, 9.17) is 40.2 Å². The van der Waals surface area contributed by atoms with Crippen molar-refractivity contribution in [3.8, 4) is 11.4 Å². The summed E-state index contributed by atoms with van der Waals surface area (Å²) in [5, 5.41) is 10.4. The van der Waals surface area contributed by atoms with Gasteiger partial charge in [-0.25, -0.2) is 0 Å². The maximum absolute atomic E-state index is 12.0. The number of rotatable bonds is 6. The predicted octanol–water partition coefficient (Wildman–Crippen LogP) is 3.93. The minimum atomic E-state index is -0.275. The Balaban J connectivity index is 1.66. The smallest absolute Gasteiger partial charge is 0.258 e. The summed E-state index contributed by atoms with van der Waals surface area (Å²) in [5.41, 5.74) is 0.697. The van der Waals surface area contributed by atoms with E-state index in [1.165, 1.54) is 0 Å². The van der Waals surface area contributed by atoms with Gasteiger partial charge in [0, 0.05) is 0 Å². The first kappa shape index (κ1) is 18.4. The molecular weight excluding hydrogens is 395 g/mol. The molecular formula is C17H14Cl2N4O2S. The van der Waals surface area contributed by atoms with Crippen molar-refractivity contribution in [2.24, 2.45) is 0 Å². The fourth-order valence-electron chi connectivity index (χ4n) is 2.23. The first-order chi connectivity index (χ1) is 12.5. The van der Waals surface area contributed by atoms with Crippen molar-refractivity contribution in [3.05, 3.63) is 69.2 Å². The lowest BCUT2D eigenvalue weighted by Gasteiger charge is -2.10. The highest BCUT2D eigenvalue weighted by molar-refractivity contribution is 7.71. The molecule has 0 fully saturated rings. The summed E-state index contributed by atoms with van der Waals surface area (Å²) < 4.78 is 7.46. The van der Waals surface area contributed by atoms with Gasteiger partial charge in [-0.05, 0) is 42.5 Å². The average Bonchev–Trinajstić information content (AvgIpc) is 3.02. The minimum Gasteiger partial charge on any atom is -0.484 e. The van der Waals surface area contributed by atoms with E-state index in [1.807, 2.05) is 18.2 Å². The highest BCUT2D eigenvalue weighted by atomic mass is 35.5. The van der Waals surface area contributed by atoms with E-state index in [-0.39, 0.29) is 19.1 Å². The molecule has 26 heavy (non-hydrogen) atoms. The summed E-state index contributed by atoms with van der Waals surface area (Å²) >= 11 is 17.3. The molecule has 1 heterocycles. The number of para-hydroxylation sites is 1. The van der Waals surface area contributed by atoms with Crippen molar-refractivity contribution >= 4 is 41.3 Å². The lowest BCUT2D eigenvalue weighted by molar-refractivity contribution is -0.123. The highest BCUT2D eigenvalue weighted by Gasteiger charge is 2.11. The molecule has 0 aliphatic carbocycles. The number of nitrogens with zero attached hydrogens (tertiary/aromatic N) is 2. The fraction of sp³-hybridized carbons (Fsp3) is 0.118. The number of carbonyl (C=O) groups is 1. The Bertz CT molecular complexity index is 972. The number of carbonyl (C=O) groups excluding carboxylic acids is 1. The van der Waals surface area contributed by atoms with Gasteiger partial charge in [-0.1, -0.05) is 41.4 Å². The second-order valence-corrected chi connectivity index (χ2v) is 6.46. The van der Waals surface area contributed by atoms with Gasteiger partial charge in [0.25, 0.3) is 5.91 Å². The zero-order valence-electron chi connectivity index (χ0n) is 13.4. The Hall–Kier alpha value is -2.35. The molecule has 2 aromatic carbocycles. The molecule has 0 aliphatic heterocycles. The zero-order chi connectivity index (χ0) is 18.5. The Morgan fingerprint density at radius 1 is 1.19 bits per heavy atom. The van der Waals surface area contributed by atoms with Crippen molar-refractivity contribution in [2.75, 3.05) is 6.61 Å². The van der Waals surface area contributed by atoms with E-state index in [0.29, 0.717) is 32.1 Å². The maximum Gasteiger partial charge on any atom is 0.258 e. The molecule has 0 unspecified atom stereocenters. The summed E-state index contributed by atoms with van der Waals surface area (Å²) in [6.07, 6.45) is 0. The summed E-state index contributed by atoms with van der Waals surface area (Å²) in [7, 11) is 0. The second kappa shape index (κ2) is 8.35. The number of aromatic nitrogens is 3. The number of halogens is 2. The normalized spacial score (nSPS) is 10.5. The summed E-state index contributed by atoms with van der Waals surface area (Å²) in [6, 6.07) is 14.2. The predicted molar refractivity (Wildman–Crippen MR) is 103 cm³/mol. The molecule has 1 amide bonds. The molecule has 0 bridgehead atoms. The van der Waals surface area contributed by atoms with E-state index in [2.05, 4.69) is 15.5 Å². The summed E-state index contributed by atoms with van der Waals surface area (Å²) in [6.45, 7) is 0.0757. The van der Waals surface area contributed by atoms with Crippen molar-refractivity contribution in [2.45, 2.75) is 6.54 Å². The number of aromatic amines is 1. The first-order valence-electron chi connectivity index (χ1n) is 7.61. The lowest BCUT2D eigenvalue weighted by atomic mass is 10.3. The van der Waals surface area contributed by atoms with E-state index in [0.717, 1.165) is 0 Å². The zero-order valence-corrected chi connectivity index (χ0v) is 15.7. The van der Waals surface area contributed by atoms with Gasteiger partial charge in [-0.2, -0.15) is 5.10 Å². The molecule has 0 radical (unpaired) electrons. The molecule has 6 nitrogen and oxygen atoms in total. The van der Waals surface area contributed by atoms with Gasteiger partial charge in [-0.3, -0.25) is 14.5 Å². The molecule has 0 saturated carbocycles. The third kappa shape index (κ3) is 4.43. The van der Waals surface area contributed by atoms with Gasteiger partial charge >= 0.3 is 0 Å². The number of ether oxygens (including phenoxy) is 1. The number of hydrogen-bond acceptors (Lipinski definition) is 4. The quantitative estimate of drug-likeness (QED) is 0.606. The van der Waals surface area contributed by atoms with Crippen LogP contribution in [-0.2, 0) is 11.3 Å². The number of benzene rings is 2. The van der Waals surface area contributed by atoms with Crippen LogP contribution in [0.2, 0.25) is 10.0 Å². The minimum absolute atomic E-state index is 0.0953. The number of amides is 1. The van der Waals surface area contributed by atoms with Gasteiger partial charge in [-0.15, -0.1) is 0 Å². The van der Waals surface area contributed by atoms with Crippen LogP contribution < -0.4 is 10.1 Å². The van der Waals surface area contributed by atoms with Crippen molar-refractivity contribution in [3.63, 3.8) is 0 Å². The molecule has 3 rings (SSSR count). The summed E-state index contributed by atoms with van der Waals surface area (Å²) in [4.78, 5) is 12.0. The third-order valence-electron chi connectivity index (χ3n) is 3.46. The second-order valence-electron chi connectivity index (χ2n) is 5.26. The average molecular weight is 409 g/mol. The van der Waals surface area contributed by atoms with Crippen molar-refractivity contribution in [1.82, 2.24) is 20.1 Å². The summed E-state index contributed by atoms with van der Waals surface area (Å²) in [5.74, 6) is 0.881. The molecule has 0 aliphatic rings. The molecule has 9 heteroatoms. The van der Waals surface area contributed by atoms with E-state index in [1.54, 1.807) is 34.9 Å². The topological polar surface area (TPSA) is 71.9 Å². The monoisotopic (exact) mass is 408 g/mol. The Kier molecular flexibility index (Phi) is 5.92. The van der Waals surface area contributed by atoms with E-state index in [9.17, 15) is 4.79 Å². The molecule has 0 spiro atoms.